The largest absolute Gasteiger partial charge is 0.379 e. The number of ether oxygens (including phenoxy) is 1. The lowest BCUT2D eigenvalue weighted by atomic mass is 9.71. The maximum atomic E-state index is 5.88. The Hall–Kier alpha value is -0.900. The van der Waals surface area contributed by atoms with Crippen molar-refractivity contribution in [2.75, 3.05) is 32.8 Å². The standard InChI is InChI=1S/C17H26N2O/c18-14-15-6-8-17(9-7-15,16-4-2-1-3-5-16)19-10-12-20-13-11-19/h1-5,15H,6-14,18H2. The van der Waals surface area contributed by atoms with Crippen LogP contribution >= 0.6 is 0 Å². The van der Waals surface area contributed by atoms with Crippen LogP contribution in [0.2, 0.25) is 0 Å². The molecule has 110 valence electrons. The zero-order valence-corrected chi connectivity index (χ0v) is 12.3. The Morgan fingerprint density at radius 2 is 1.75 bits per heavy atom. The fourth-order valence-electron chi connectivity index (χ4n) is 3.92. The molecular weight excluding hydrogens is 248 g/mol. The smallest absolute Gasteiger partial charge is 0.0594 e. The summed E-state index contributed by atoms with van der Waals surface area (Å²) in [7, 11) is 0. The molecule has 3 rings (SSSR count). The second-order valence-corrected chi connectivity index (χ2v) is 6.18. The van der Waals surface area contributed by atoms with Crippen molar-refractivity contribution in [2.45, 2.75) is 31.2 Å². The summed E-state index contributed by atoms with van der Waals surface area (Å²) in [6, 6.07) is 11.1. The molecule has 1 aliphatic carbocycles. The third kappa shape index (κ3) is 2.62. The van der Waals surface area contributed by atoms with Gasteiger partial charge in [0.2, 0.25) is 0 Å². The molecule has 20 heavy (non-hydrogen) atoms. The van der Waals surface area contributed by atoms with Crippen molar-refractivity contribution in [3.05, 3.63) is 35.9 Å². The molecule has 3 nitrogen and oxygen atoms in total. The van der Waals surface area contributed by atoms with E-state index in [2.05, 4.69) is 35.2 Å². The van der Waals surface area contributed by atoms with Crippen molar-refractivity contribution >= 4 is 0 Å². The second-order valence-electron chi connectivity index (χ2n) is 6.18. The maximum Gasteiger partial charge on any atom is 0.0594 e. The van der Waals surface area contributed by atoms with Gasteiger partial charge in [-0.3, -0.25) is 4.90 Å². The van der Waals surface area contributed by atoms with Gasteiger partial charge in [-0.2, -0.15) is 0 Å². The summed E-state index contributed by atoms with van der Waals surface area (Å²) in [6.45, 7) is 4.70. The SMILES string of the molecule is NCC1CCC(c2ccccc2)(N2CCOCC2)CC1. The summed E-state index contributed by atoms with van der Waals surface area (Å²) >= 11 is 0. The molecule has 1 aromatic rings. The fourth-order valence-corrected chi connectivity index (χ4v) is 3.92. The van der Waals surface area contributed by atoms with E-state index in [1.165, 1.54) is 31.2 Å². The number of hydrogen-bond donors (Lipinski definition) is 1. The summed E-state index contributed by atoms with van der Waals surface area (Å²) in [4.78, 5) is 2.67. The van der Waals surface area contributed by atoms with Crippen molar-refractivity contribution in [2.24, 2.45) is 11.7 Å². The van der Waals surface area contributed by atoms with Crippen molar-refractivity contribution in [1.29, 1.82) is 0 Å². The Morgan fingerprint density at radius 3 is 2.35 bits per heavy atom. The summed E-state index contributed by atoms with van der Waals surface area (Å²) in [6.07, 6.45) is 4.98. The van der Waals surface area contributed by atoms with Gasteiger partial charge in [0.1, 0.15) is 0 Å². The van der Waals surface area contributed by atoms with Crippen LogP contribution in [0.1, 0.15) is 31.2 Å². The topological polar surface area (TPSA) is 38.5 Å². The van der Waals surface area contributed by atoms with E-state index >= 15 is 0 Å². The number of benzene rings is 1. The monoisotopic (exact) mass is 274 g/mol. The summed E-state index contributed by atoms with van der Waals surface area (Å²) < 4.78 is 5.55. The first kappa shape index (κ1) is 14.1. The van der Waals surface area contributed by atoms with E-state index in [0.717, 1.165) is 32.8 Å². The van der Waals surface area contributed by atoms with Gasteiger partial charge in [-0.15, -0.1) is 0 Å². The molecule has 0 radical (unpaired) electrons. The van der Waals surface area contributed by atoms with Gasteiger partial charge >= 0.3 is 0 Å². The van der Waals surface area contributed by atoms with Crippen molar-refractivity contribution < 1.29 is 4.74 Å². The Bertz CT molecular complexity index is 406. The van der Waals surface area contributed by atoms with E-state index in [-0.39, 0.29) is 5.54 Å². The molecule has 0 atom stereocenters. The Balaban J connectivity index is 1.87. The second kappa shape index (κ2) is 6.25. The molecule has 0 spiro atoms. The maximum absolute atomic E-state index is 5.88. The zero-order valence-electron chi connectivity index (χ0n) is 12.3. The third-order valence-corrected chi connectivity index (χ3v) is 5.19. The average Bonchev–Trinajstić information content (AvgIpc) is 2.56. The minimum Gasteiger partial charge on any atom is -0.379 e. The molecule has 0 amide bonds. The van der Waals surface area contributed by atoms with Crippen molar-refractivity contribution in [3.63, 3.8) is 0 Å². The minimum atomic E-state index is 0.219. The van der Waals surface area contributed by atoms with Gasteiger partial charge < -0.3 is 10.5 Å². The number of nitrogens with two attached hydrogens (primary N) is 1. The van der Waals surface area contributed by atoms with E-state index in [0.29, 0.717) is 5.92 Å². The molecule has 0 aromatic heterocycles. The van der Waals surface area contributed by atoms with Crippen LogP contribution in [0.4, 0.5) is 0 Å². The number of rotatable bonds is 3. The third-order valence-electron chi connectivity index (χ3n) is 5.19. The number of nitrogens with zero attached hydrogens (tertiary/aromatic N) is 1. The van der Waals surface area contributed by atoms with Crippen LogP contribution in [-0.2, 0) is 10.3 Å². The summed E-state index contributed by atoms with van der Waals surface area (Å²) in [5, 5.41) is 0. The highest BCUT2D eigenvalue weighted by molar-refractivity contribution is 5.25. The molecule has 1 aliphatic heterocycles. The van der Waals surface area contributed by atoms with Gasteiger partial charge in [0.25, 0.3) is 0 Å². The molecule has 1 saturated heterocycles. The van der Waals surface area contributed by atoms with Crippen LogP contribution in [0.3, 0.4) is 0 Å². The quantitative estimate of drug-likeness (QED) is 0.919. The van der Waals surface area contributed by atoms with E-state index < -0.39 is 0 Å². The molecule has 1 heterocycles. The minimum absolute atomic E-state index is 0.219. The van der Waals surface area contributed by atoms with Crippen LogP contribution in [0, 0.1) is 5.92 Å². The molecule has 0 bridgehead atoms. The van der Waals surface area contributed by atoms with E-state index in [1.54, 1.807) is 0 Å². The number of morpholine rings is 1. The first-order chi connectivity index (χ1) is 9.85. The van der Waals surface area contributed by atoms with Crippen LogP contribution in [-0.4, -0.2) is 37.7 Å². The lowest BCUT2D eigenvalue weighted by molar-refractivity contribution is -0.0456. The molecule has 3 heteroatoms. The Labute approximate surface area is 122 Å². The van der Waals surface area contributed by atoms with Gasteiger partial charge in [-0.1, -0.05) is 30.3 Å². The van der Waals surface area contributed by atoms with Crippen molar-refractivity contribution in [3.8, 4) is 0 Å². The van der Waals surface area contributed by atoms with E-state index in [9.17, 15) is 0 Å². The van der Waals surface area contributed by atoms with Crippen LogP contribution in [0.5, 0.6) is 0 Å². The number of hydrogen-bond acceptors (Lipinski definition) is 3. The lowest BCUT2D eigenvalue weighted by Crippen LogP contribution is -2.53. The van der Waals surface area contributed by atoms with E-state index in [4.69, 9.17) is 10.5 Å². The van der Waals surface area contributed by atoms with Crippen LogP contribution in [0.25, 0.3) is 0 Å². The first-order valence-electron chi connectivity index (χ1n) is 7.93. The average molecular weight is 274 g/mol. The van der Waals surface area contributed by atoms with Gasteiger partial charge in [0.15, 0.2) is 0 Å². The van der Waals surface area contributed by atoms with E-state index in [1.807, 2.05) is 0 Å². The fraction of sp³-hybridized carbons (Fsp3) is 0.647. The first-order valence-corrected chi connectivity index (χ1v) is 7.93. The predicted molar refractivity (Wildman–Crippen MR) is 81.5 cm³/mol. The zero-order chi connectivity index (χ0) is 13.8. The van der Waals surface area contributed by atoms with Gasteiger partial charge in [-0.05, 0) is 43.7 Å². The molecular formula is C17H26N2O. The van der Waals surface area contributed by atoms with Gasteiger partial charge in [0.05, 0.1) is 13.2 Å². The lowest BCUT2D eigenvalue weighted by Gasteiger charge is -2.50. The van der Waals surface area contributed by atoms with Gasteiger partial charge in [0, 0.05) is 18.6 Å². The highest BCUT2D eigenvalue weighted by Crippen LogP contribution is 2.44. The Kier molecular flexibility index (Phi) is 4.39. The van der Waals surface area contributed by atoms with Crippen molar-refractivity contribution in [1.82, 2.24) is 4.90 Å². The molecule has 1 aromatic carbocycles. The molecule has 2 aliphatic rings. The molecule has 1 saturated carbocycles. The highest BCUT2D eigenvalue weighted by atomic mass is 16.5. The van der Waals surface area contributed by atoms with Crippen LogP contribution in [0.15, 0.2) is 30.3 Å². The molecule has 2 N–H and O–H groups in total. The summed E-state index contributed by atoms with van der Waals surface area (Å²) in [5.74, 6) is 0.716. The Morgan fingerprint density at radius 1 is 1.10 bits per heavy atom. The van der Waals surface area contributed by atoms with Crippen LogP contribution < -0.4 is 5.73 Å². The molecule has 2 fully saturated rings. The highest BCUT2D eigenvalue weighted by Gasteiger charge is 2.41. The molecule has 0 unspecified atom stereocenters. The normalized spacial score (nSPS) is 32.1. The predicted octanol–water partition coefficient (Wildman–Crippen LogP) is 2.36. The van der Waals surface area contributed by atoms with Gasteiger partial charge in [-0.25, -0.2) is 0 Å². The summed E-state index contributed by atoms with van der Waals surface area (Å²) in [5.41, 5.74) is 7.58.